The van der Waals surface area contributed by atoms with Gasteiger partial charge in [-0.15, -0.1) is 0 Å². The highest BCUT2D eigenvalue weighted by atomic mass is 16.7. The Labute approximate surface area is 125 Å². The average Bonchev–Trinajstić information content (AvgIpc) is 2.95. The quantitative estimate of drug-likeness (QED) is 0.937. The van der Waals surface area contributed by atoms with Gasteiger partial charge in [0, 0.05) is 5.41 Å². The molecule has 1 atom stereocenters. The Balaban J connectivity index is 1.88. The normalized spacial score (nSPS) is 15.8. The van der Waals surface area contributed by atoms with Gasteiger partial charge in [0.2, 0.25) is 6.79 Å². The standard InChI is InChI=1S/C18H20O3/c1-13-3-6-15(7-4-13)18(2,11-19)10-14-5-8-16-17(9-14)21-12-20-16/h3-9,19H,10-12H2,1-2H3. The molecular formula is C18H20O3. The first-order valence-corrected chi connectivity index (χ1v) is 7.17. The van der Waals surface area contributed by atoms with Gasteiger partial charge in [0.15, 0.2) is 11.5 Å². The minimum absolute atomic E-state index is 0.102. The maximum atomic E-state index is 9.91. The Hall–Kier alpha value is -2.00. The van der Waals surface area contributed by atoms with Gasteiger partial charge in [0.25, 0.3) is 0 Å². The molecule has 0 amide bonds. The molecular weight excluding hydrogens is 264 g/mol. The van der Waals surface area contributed by atoms with E-state index >= 15 is 0 Å². The van der Waals surface area contributed by atoms with Crippen LogP contribution in [-0.4, -0.2) is 18.5 Å². The number of benzene rings is 2. The van der Waals surface area contributed by atoms with E-state index in [1.165, 1.54) is 5.56 Å². The third kappa shape index (κ3) is 2.74. The Morgan fingerprint density at radius 2 is 1.76 bits per heavy atom. The molecule has 1 unspecified atom stereocenters. The Morgan fingerprint density at radius 1 is 1.05 bits per heavy atom. The molecule has 1 aliphatic heterocycles. The molecule has 0 fully saturated rings. The first-order chi connectivity index (χ1) is 10.1. The zero-order valence-electron chi connectivity index (χ0n) is 12.4. The Kier molecular flexibility index (Phi) is 3.60. The van der Waals surface area contributed by atoms with Gasteiger partial charge in [0.1, 0.15) is 0 Å². The third-order valence-electron chi connectivity index (χ3n) is 4.13. The summed E-state index contributed by atoms with van der Waals surface area (Å²) in [5.74, 6) is 1.58. The summed E-state index contributed by atoms with van der Waals surface area (Å²) >= 11 is 0. The molecule has 1 heterocycles. The SMILES string of the molecule is Cc1ccc(C(C)(CO)Cc2ccc3c(c2)OCO3)cc1. The average molecular weight is 284 g/mol. The number of ether oxygens (including phenoxy) is 2. The third-order valence-corrected chi connectivity index (χ3v) is 4.13. The maximum absolute atomic E-state index is 9.91. The van der Waals surface area contributed by atoms with E-state index in [1.807, 2.05) is 18.2 Å². The second kappa shape index (κ2) is 5.41. The van der Waals surface area contributed by atoms with Crippen molar-refractivity contribution >= 4 is 0 Å². The van der Waals surface area contributed by atoms with Crippen molar-refractivity contribution in [3.05, 3.63) is 59.2 Å². The van der Waals surface area contributed by atoms with E-state index < -0.39 is 0 Å². The number of aliphatic hydroxyl groups excluding tert-OH is 1. The molecule has 1 aliphatic rings. The van der Waals surface area contributed by atoms with Gasteiger partial charge in [0.05, 0.1) is 6.61 Å². The molecule has 0 radical (unpaired) electrons. The van der Waals surface area contributed by atoms with E-state index in [2.05, 4.69) is 38.1 Å². The first-order valence-electron chi connectivity index (χ1n) is 7.17. The summed E-state index contributed by atoms with van der Waals surface area (Å²) in [6.45, 7) is 4.54. The molecule has 0 bridgehead atoms. The van der Waals surface area contributed by atoms with Crippen LogP contribution in [0.4, 0.5) is 0 Å². The molecule has 1 N–H and O–H groups in total. The molecule has 2 aromatic rings. The second-order valence-corrected chi connectivity index (χ2v) is 5.95. The molecule has 2 aromatic carbocycles. The summed E-state index contributed by atoms with van der Waals surface area (Å²) in [5.41, 5.74) is 3.20. The van der Waals surface area contributed by atoms with Crippen LogP contribution in [-0.2, 0) is 11.8 Å². The van der Waals surface area contributed by atoms with Crippen LogP contribution in [0.2, 0.25) is 0 Å². The van der Waals surface area contributed by atoms with Crippen LogP contribution in [0.25, 0.3) is 0 Å². The molecule has 3 rings (SSSR count). The number of aliphatic hydroxyl groups is 1. The van der Waals surface area contributed by atoms with E-state index in [4.69, 9.17) is 9.47 Å². The van der Waals surface area contributed by atoms with E-state index in [1.54, 1.807) is 0 Å². The van der Waals surface area contributed by atoms with E-state index in [0.717, 1.165) is 29.0 Å². The van der Waals surface area contributed by atoms with E-state index in [9.17, 15) is 5.11 Å². The van der Waals surface area contributed by atoms with Crippen molar-refractivity contribution in [2.45, 2.75) is 25.7 Å². The molecule has 0 aromatic heterocycles. The lowest BCUT2D eigenvalue weighted by atomic mass is 9.78. The van der Waals surface area contributed by atoms with E-state index in [-0.39, 0.29) is 18.8 Å². The van der Waals surface area contributed by atoms with Crippen LogP contribution in [0.5, 0.6) is 11.5 Å². The zero-order chi connectivity index (χ0) is 14.9. The molecule has 0 saturated carbocycles. The predicted molar refractivity (Wildman–Crippen MR) is 81.9 cm³/mol. The summed E-state index contributed by atoms with van der Waals surface area (Å²) in [6, 6.07) is 14.3. The van der Waals surface area contributed by atoms with Crippen LogP contribution in [0.3, 0.4) is 0 Å². The highest BCUT2D eigenvalue weighted by molar-refractivity contribution is 5.45. The smallest absolute Gasteiger partial charge is 0.231 e. The van der Waals surface area contributed by atoms with Gasteiger partial charge in [-0.1, -0.05) is 42.8 Å². The first kappa shape index (κ1) is 14.0. The maximum Gasteiger partial charge on any atom is 0.231 e. The zero-order valence-corrected chi connectivity index (χ0v) is 12.4. The summed E-state index contributed by atoms with van der Waals surface area (Å²) in [6.07, 6.45) is 0.753. The molecule has 110 valence electrons. The fourth-order valence-corrected chi connectivity index (χ4v) is 2.71. The van der Waals surface area contributed by atoms with Crippen LogP contribution >= 0.6 is 0 Å². The van der Waals surface area contributed by atoms with Gasteiger partial charge in [-0.05, 0) is 36.6 Å². The fraction of sp³-hybridized carbons (Fsp3) is 0.333. The lowest BCUT2D eigenvalue weighted by Crippen LogP contribution is -2.29. The van der Waals surface area contributed by atoms with Crippen LogP contribution < -0.4 is 9.47 Å². The highest BCUT2D eigenvalue weighted by Gasteiger charge is 2.27. The second-order valence-electron chi connectivity index (χ2n) is 5.95. The molecule has 3 nitrogen and oxygen atoms in total. The number of rotatable bonds is 4. The monoisotopic (exact) mass is 284 g/mol. The lowest BCUT2D eigenvalue weighted by molar-refractivity contribution is 0.174. The van der Waals surface area contributed by atoms with Gasteiger partial charge in [-0.25, -0.2) is 0 Å². The van der Waals surface area contributed by atoms with Crippen LogP contribution in [0, 0.1) is 6.92 Å². The summed E-state index contributed by atoms with van der Waals surface area (Å²) < 4.78 is 10.8. The van der Waals surface area contributed by atoms with Gasteiger partial charge in [-0.3, -0.25) is 0 Å². The van der Waals surface area contributed by atoms with Crippen molar-refractivity contribution in [2.75, 3.05) is 13.4 Å². The van der Waals surface area contributed by atoms with Crippen molar-refractivity contribution in [3.8, 4) is 11.5 Å². The number of hydrogen-bond acceptors (Lipinski definition) is 3. The highest BCUT2D eigenvalue weighted by Crippen LogP contribution is 2.35. The summed E-state index contributed by atoms with van der Waals surface area (Å²) in [7, 11) is 0. The minimum atomic E-state index is -0.304. The van der Waals surface area contributed by atoms with Crippen molar-refractivity contribution in [1.82, 2.24) is 0 Å². The lowest BCUT2D eigenvalue weighted by Gasteiger charge is -2.28. The van der Waals surface area contributed by atoms with Crippen molar-refractivity contribution in [3.63, 3.8) is 0 Å². The molecule has 0 saturated heterocycles. The van der Waals surface area contributed by atoms with Gasteiger partial charge in [-0.2, -0.15) is 0 Å². The number of hydrogen-bond donors (Lipinski definition) is 1. The van der Waals surface area contributed by atoms with E-state index in [0.29, 0.717) is 0 Å². The Morgan fingerprint density at radius 3 is 2.48 bits per heavy atom. The summed E-state index contributed by atoms with van der Waals surface area (Å²) in [4.78, 5) is 0. The Bertz CT molecular complexity index is 633. The van der Waals surface area contributed by atoms with Gasteiger partial charge >= 0.3 is 0 Å². The van der Waals surface area contributed by atoms with Crippen LogP contribution in [0.1, 0.15) is 23.6 Å². The van der Waals surface area contributed by atoms with Crippen molar-refractivity contribution in [2.24, 2.45) is 0 Å². The largest absolute Gasteiger partial charge is 0.454 e. The number of fused-ring (bicyclic) bond motifs is 1. The molecule has 0 spiro atoms. The fourth-order valence-electron chi connectivity index (χ4n) is 2.71. The number of aryl methyl sites for hydroxylation is 1. The minimum Gasteiger partial charge on any atom is -0.454 e. The topological polar surface area (TPSA) is 38.7 Å². The molecule has 3 heteroatoms. The van der Waals surface area contributed by atoms with Gasteiger partial charge < -0.3 is 14.6 Å². The predicted octanol–water partition coefficient (Wildman–Crippen LogP) is 3.22. The molecule has 21 heavy (non-hydrogen) atoms. The van der Waals surface area contributed by atoms with Crippen molar-refractivity contribution < 1.29 is 14.6 Å². The molecule has 0 aliphatic carbocycles. The summed E-state index contributed by atoms with van der Waals surface area (Å²) in [5, 5.41) is 9.91. The van der Waals surface area contributed by atoms with Crippen LogP contribution in [0.15, 0.2) is 42.5 Å². The van der Waals surface area contributed by atoms with Crippen molar-refractivity contribution in [1.29, 1.82) is 0 Å².